The normalized spacial score (nSPS) is 10.2. The van der Waals surface area contributed by atoms with Gasteiger partial charge in [-0.3, -0.25) is 14.4 Å². The summed E-state index contributed by atoms with van der Waals surface area (Å²) in [5.41, 5.74) is 7.21. The molecule has 3 N–H and O–H groups in total. The quantitative estimate of drug-likeness (QED) is 0.634. The van der Waals surface area contributed by atoms with Gasteiger partial charge in [0.25, 0.3) is 0 Å². The first kappa shape index (κ1) is 19.3. The van der Waals surface area contributed by atoms with Crippen LogP contribution in [0.5, 0.6) is 5.75 Å². The van der Waals surface area contributed by atoms with E-state index in [0.717, 1.165) is 4.90 Å². The molecule has 0 fully saturated rings. The number of methoxy groups -OCH3 is 1. The fourth-order valence-corrected chi connectivity index (χ4v) is 2.47. The minimum absolute atomic E-state index is 0.205. The van der Waals surface area contributed by atoms with Gasteiger partial charge in [0, 0.05) is 23.7 Å². The lowest BCUT2D eigenvalue weighted by molar-refractivity contribution is -0.136. The Morgan fingerprint density at radius 1 is 1.19 bits per heavy atom. The fourth-order valence-electron chi connectivity index (χ4n) is 2.31. The van der Waals surface area contributed by atoms with E-state index in [0.29, 0.717) is 22.0 Å². The second kappa shape index (κ2) is 7.88. The Balaban J connectivity index is 2.32. The SMILES string of the molecule is COc1cc(Cl)c(C)cc1NC(=O)C(=O)N(C(C)=O)c1cccc(N)c1. The molecule has 0 aliphatic rings. The van der Waals surface area contributed by atoms with Gasteiger partial charge in [0.2, 0.25) is 5.91 Å². The van der Waals surface area contributed by atoms with Gasteiger partial charge < -0.3 is 15.8 Å². The lowest BCUT2D eigenvalue weighted by Gasteiger charge is -2.19. The highest BCUT2D eigenvalue weighted by molar-refractivity contribution is 6.48. The van der Waals surface area contributed by atoms with Crippen molar-refractivity contribution in [2.45, 2.75) is 13.8 Å². The largest absolute Gasteiger partial charge is 0.495 e. The van der Waals surface area contributed by atoms with Crippen LogP contribution in [0.1, 0.15) is 12.5 Å². The topological polar surface area (TPSA) is 102 Å². The monoisotopic (exact) mass is 375 g/mol. The van der Waals surface area contributed by atoms with Crippen molar-refractivity contribution in [3.05, 3.63) is 47.0 Å². The molecular weight excluding hydrogens is 358 g/mol. The van der Waals surface area contributed by atoms with Crippen LogP contribution in [-0.2, 0) is 14.4 Å². The molecule has 136 valence electrons. The number of imide groups is 1. The van der Waals surface area contributed by atoms with Crippen LogP contribution in [-0.4, -0.2) is 24.8 Å². The number of rotatable bonds is 3. The number of hydrogen-bond acceptors (Lipinski definition) is 5. The molecule has 0 heterocycles. The van der Waals surface area contributed by atoms with Crippen molar-refractivity contribution in [3.8, 4) is 5.75 Å². The maximum Gasteiger partial charge on any atom is 0.323 e. The van der Waals surface area contributed by atoms with Crippen molar-refractivity contribution in [1.29, 1.82) is 0 Å². The summed E-state index contributed by atoms with van der Waals surface area (Å²) < 4.78 is 5.16. The highest BCUT2D eigenvalue weighted by Crippen LogP contribution is 2.31. The van der Waals surface area contributed by atoms with Gasteiger partial charge in [0.15, 0.2) is 0 Å². The number of carbonyl (C=O) groups is 3. The summed E-state index contributed by atoms with van der Waals surface area (Å²) in [6.45, 7) is 2.93. The van der Waals surface area contributed by atoms with Crippen LogP contribution in [0.25, 0.3) is 0 Å². The van der Waals surface area contributed by atoms with E-state index < -0.39 is 17.7 Å². The number of amides is 3. The van der Waals surface area contributed by atoms with Gasteiger partial charge >= 0.3 is 11.8 Å². The molecule has 3 amide bonds. The van der Waals surface area contributed by atoms with Gasteiger partial charge in [-0.2, -0.15) is 0 Å². The van der Waals surface area contributed by atoms with Crippen molar-refractivity contribution in [2.24, 2.45) is 0 Å². The predicted octanol–water partition coefficient (Wildman–Crippen LogP) is 2.76. The van der Waals surface area contributed by atoms with Gasteiger partial charge in [0.05, 0.1) is 18.5 Å². The van der Waals surface area contributed by atoms with Crippen LogP contribution < -0.4 is 20.7 Å². The number of nitrogens with zero attached hydrogens (tertiary/aromatic N) is 1. The molecule has 0 bridgehead atoms. The number of benzene rings is 2. The van der Waals surface area contributed by atoms with Crippen LogP contribution in [0.2, 0.25) is 5.02 Å². The molecule has 0 aliphatic heterocycles. The summed E-state index contributed by atoms with van der Waals surface area (Å²) in [5, 5.41) is 2.91. The number of nitrogens with two attached hydrogens (primary N) is 1. The highest BCUT2D eigenvalue weighted by Gasteiger charge is 2.27. The molecule has 7 nitrogen and oxygen atoms in total. The molecule has 0 aromatic heterocycles. The number of nitrogens with one attached hydrogen (secondary N) is 1. The van der Waals surface area contributed by atoms with E-state index in [9.17, 15) is 14.4 Å². The molecule has 0 aliphatic carbocycles. The van der Waals surface area contributed by atoms with Gasteiger partial charge in [-0.1, -0.05) is 17.7 Å². The molecule has 2 rings (SSSR count). The number of carbonyl (C=O) groups excluding carboxylic acids is 3. The third-order valence-electron chi connectivity index (χ3n) is 3.57. The molecule has 0 radical (unpaired) electrons. The molecule has 0 saturated carbocycles. The van der Waals surface area contributed by atoms with Crippen molar-refractivity contribution in [1.82, 2.24) is 0 Å². The van der Waals surface area contributed by atoms with E-state index in [1.165, 1.54) is 32.2 Å². The summed E-state index contributed by atoms with van der Waals surface area (Å²) in [7, 11) is 1.41. The van der Waals surface area contributed by atoms with Gasteiger partial charge in [-0.25, -0.2) is 4.90 Å². The number of nitrogen functional groups attached to an aromatic ring is 1. The van der Waals surface area contributed by atoms with Crippen LogP contribution in [0.4, 0.5) is 17.1 Å². The Morgan fingerprint density at radius 2 is 1.88 bits per heavy atom. The van der Waals surface area contributed by atoms with Crippen LogP contribution in [0.3, 0.4) is 0 Å². The summed E-state index contributed by atoms with van der Waals surface area (Å²) in [5.74, 6) is -2.37. The number of hydrogen-bond donors (Lipinski definition) is 2. The Bertz CT molecular complexity index is 883. The molecular formula is C18H18ClN3O4. The molecule has 0 unspecified atom stereocenters. The zero-order chi connectivity index (χ0) is 19.4. The zero-order valence-electron chi connectivity index (χ0n) is 14.5. The lowest BCUT2D eigenvalue weighted by atomic mass is 10.2. The second-order valence-electron chi connectivity index (χ2n) is 5.51. The molecule has 8 heteroatoms. The van der Waals surface area contributed by atoms with Gasteiger partial charge in [-0.05, 0) is 36.8 Å². The standard InChI is InChI=1S/C18H18ClN3O4/c1-10-7-15(16(26-3)9-14(10)19)21-17(24)18(25)22(11(2)23)13-6-4-5-12(20)8-13/h4-9H,20H2,1-3H3,(H,21,24). The predicted molar refractivity (Wildman–Crippen MR) is 100 cm³/mol. The first-order valence-corrected chi connectivity index (χ1v) is 7.98. The highest BCUT2D eigenvalue weighted by atomic mass is 35.5. The van der Waals surface area contributed by atoms with E-state index in [4.69, 9.17) is 22.1 Å². The maximum atomic E-state index is 12.5. The average molecular weight is 376 g/mol. The third kappa shape index (κ3) is 4.12. The van der Waals surface area contributed by atoms with Crippen molar-refractivity contribution >= 4 is 46.4 Å². The molecule has 0 spiro atoms. The van der Waals surface area contributed by atoms with Crippen molar-refractivity contribution in [2.75, 3.05) is 23.1 Å². The van der Waals surface area contributed by atoms with E-state index in [2.05, 4.69) is 5.32 Å². The van der Waals surface area contributed by atoms with E-state index in [1.54, 1.807) is 25.1 Å². The number of anilines is 3. The number of aryl methyl sites for hydroxylation is 1. The van der Waals surface area contributed by atoms with Crippen molar-refractivity contribution in [3.63, 3.8) is 0 Å². The van der Waals surface area contributed by atoms with Gasteiger partial charge in [0.1, 0.15) is 5.75 Å². The molecule has 0 saturated heterocycles. The van der Waals surface area contributed by atoms with Crippen LogP contribution in [0.15, 0.2) is 36.4 Å². The van der Waals surface area contributed by atoms with E-state index in [-0.39, 0.29) is 11.4 Å². The third-order valence-corrected chi connectivity index (χ3v) is 3.98. The average Bonchev–Trinajstić information content (AvgIpc) is 2.57. The van der Waals surface area contributed by atoms with Crippen LogP contribution in [0, 0.1) is 6.92 Å². The van der Waals surface area contributed by atoms with Gasteiger partial charge in [-0.15, -0.1) is 0 Å². The Morgan fingerprint density at radius 3 is 2.46 bits per heavy atom. The lowest BCUT2D eigenvalue weighted by Crippen LogP contribution is -2.42. The molecule has 2 aromatic rings. The van der Waals surface area contributed by atoms with Crippen LogP contribution >= 0.6 is 11.6 Å². The van der Waals surface area contributed by atoms with Crippen molar-refractivity contribution < 1.29 is 19.1 Å². The molecule has 0 atom stereocenters. The Hall–Kier alpha value is -3.06. The zero-order valence-corrected chi connectivity index (χ0v) is 15.3. The van der Waals surface area contributed by atoms with E-state index >= 15 is 0 Å². The first-order chi connectivity index (χ1) is 12.2. The number of halogens is 1. The smallest absolute Gasteiger partial charge is 0.323 e. The summed E-state index contributed by atoms with van der Waals surface area (Å²) in [6.07, 6.45) is 0. The summed E-state index contributed by atoms with van der Waals surface area (Å²) in [4.78, 5) is 37.6. The summed E-state index contributed by atoms with van der Waals surface area (Å²) >= 11 is 6.03. The molecule has 26 heavy (non-hydrogen) atoms. The minimum Gasteiger partial charge on any atom is -0.495 e. The summed E-state index contributed by atoms with van der Waals surface area (Å²) in [6, 6.07) is 9.23. The second-order valence-corrected chi connectivity index (χ2v) is 5.92. The van der Waals surface area contributed by atoms with E-state index in [1.807, 2.05) is 0 Å². The minimum atomic E-state index is -1.04. The Labute approximate surface area is 155 Å². The fraction of sp³-hybridized carbons (Fsp3) is 0.167. The maximum absolute atomic E-state index is 12.5. The molecule has 2 aromatic carbocycles. The first-order valence-electron chi connectivity index (χ1n) is 7.60. The Kier molecular flexibility index (Phi) is 5.84. The number of ether oxygens (including phenoxy) is 1.